The molecule has 23 heavy (non-hydrogen) atoms. The van der Waals surface area contributed by atoms with Crippen molar-refractivity contribution in [3.8, 4) is 0 Å². The summed E-state index contributed by atoms with van der Waals surface area (Å²) in [7, 11) is 3.63. The van der Waals surface area contributed by atoms with E-state index in [0.717, 1.165) is 31.9 Å². The fraction of sp³-hybridized carbons (Fsp3) is 0.667. The van der Waals surface area contributed by atoms with E-state index in [2.05, 4.69) is 22.0 Å². The van der Waals surface area contributed by atoms with Crippen LogP contribution in [0.1, 0.15) is 24.8 Å². The number of pyridine rings is 1. The second kappa shape index (κ2) is 7.41. The molecule has 1 aliphatic carbocycles. The zero-order chi connectivity index (χ0) is 16.2. The highest BCUT2D eigenvalue weighted by Crippen LogP contribution is 2.31. The van der Waals surface area contributed by atoms with Gasteiger partial charge in [-0.05, 0) is 49.3 Å². The van der Waals surface area contributed by atoms with Gasteiger partial charge in [-0.1, -0.05) is 0 Å². The summed E-state index contributed by atoms with van der Waals surface area (Å²) in [6.45, 7) is 2.30. The molecule has 1 aromatic rings. The second-order valence-electron chi connectivity index (χ2n) is 6.99. The number of nitrogens with zero attached hydrogens (tertiary/aromatic N) is 3. The molecule has 2 aliphatic rings. The van der Waals surface area contributed by atoms with Crippen molar-refractivity contribution in [1.29, 1.82) is 0 Å². The standard InChI is InChI=1S/C18H27N3O2/c1-20(2)18(22)12-21-10-7-17(23-13-15-3-4-15)16(21)11-14-5-8-19-9-6-14/h5-6,8-9,15-17H,3-4,7,10-13H2,1-2H3/t16-,17-/m0/s1. The topological polar surface area (TPSA) is 45.7 Å². The van der Waals surface area contributed by atoms with Crippen LogP contribution in [0.5, 0.6) is 0 Å². The van der Waals surface area contributed by atoms with Crippen LogP contribution in [-0.2, 0) is 16.0 Å². The fourth-order valence-electron chi connectivity index (χ4n) is 3.16. The fourth-order valence-corrected chi connectivity index (χ4v) is 3.16. The van der Waals surface area contributed by atoms with Gasteiger partial charge in [-0.3, -0.25) is 14.7 Å². The first-order valence-electron chi connectivity index (χ1n) is 8.58. The number of likely N-dealkylation sites (N-methyl/N-ethyl adjacent to an activating group) is 1. The molecule has 0 N–H and O–H groups in total. The predicted octanol–water partition coefficient (Wildman–Crippen LogP) is 1.58. The largest absolute Gasteiger partial charge is 0.376 e. The Morgan fingerprint density at radius 3 is 2.70 bits per heavy atom. The highest BCUT2D eigenvalue weighted by Gasteiger charge is 2.37. The van der Waals surface area contributed by atoms with Crippen LogP contribution in [0.15, 0.2) is 24.5 Å². The summed E-state index contributed by atoms with van der Waals surface area (Å²) in [6.07, 6.45) is 8.45. The van der Waals surface area contributed by atoms with Crippen molar-refractivity contribution in [3.63, 3.8) is 0 Å². The van der Waals surface area contributed by atoms with Crippen LogP contribution < -0.4 is 0 Å². The van der Waals surface area contributed by atoms with Gasteiger partial charge in [0.25, 0.3) is 0 Å². The van der Waals surface area contributed by atoms with Crippen molar-refractivity contribution < 1.29 is 9.53 Å². The summed E-state index contributed by atoms with van der Waals surface area (Å²) in [6, 6.07) is 4.39. The predicted molar refractivity (Wildman–Crippen MR) is 89.1 cm³/mol. The van der Waals surface area contributed by atoms with E-state index >= 15 is 0 Å². The van der Waals surface area contributed by atoms with E-state index in [-0.39, 0.29) is 18.1 Å². The minimum absolute atomic E-state index is 0.160. The number of carbonyl (C=O) groups is 1. The van der Waals surface area contributed by atoms with E-state index in [9.17, 15) is 4.79 Å². The number of hydrogen-bond donors (Lipinski definition) is 0. The molecular weight excluding hydrogens is 290 g/mol. The van der Waals surface area contributed by atoms with Crippen molar-refractivity contribution in [2.45, 2.75) is 37.8 Å². The molecule has 0 unspecified atom stereocenters. The van der Waals surface area contributed by atoms with Gasteiger partial charge in [-0.2, -0.15) is 0 Å². The molecule has 1 aromatic heterocycles. The second-order valence-corrected chi connectivity index (χ2v) is 6.99. The van der Waals surface area contributed by atoms with E-state index < -0.39 is 0 Å². The summed E-state index contributed by atoms with van der Waals surface area (Å²) in [4.78, 5) is 20.2. The first-order valence-corrected chi connectivity index (χ1v) is 8.58. The van der Waals surface area contributed by atoms with Gasteiger partial charge in [0.05, 0.1) is 12.6 Å². The van der Waals surface area contributed by atoms with Gasteiger partial charge >= 0.3 is 0 Å². The van der Waals surface area contributed by atoms with Gasteiger partial charge in [0, 0.05) is 45.7 Å². The lowest BCUT2D eigenvalue weighted by Gasteiger charge is -2.28. The van der Waals surface area contributed by atoms with Crippen molar-refractivity contribution in [1.82, 2.24) is 14.8 Å². The Morgan fingerprint density at radius 2 is 2.04 bits per heavy atom. The number of hydrogen-bond acceptors (Lipinski definition) is 4. The van der Waals surface area contributed by atoms with Gasteiger partial charge < -0.3 is 9.64 Å². The maximum atomic E-state index is 12.1. The van der Waals surface area contributed by atoms with Crippen LogP contribution in [0.4, 0.5) is 0 Å². The van der Waals surface area contributed by atoms with E-state index in [4.69, 9.17) is 4.74 Å². The summed E-state index contributed by atoms with van der Waals surface area (Å²) in [5, 5.41) is 0. The molecule has 0 radical (unpaired) electrons. The molecule has 2 fully saturated rings. The average Bonchev–Trinajstić information content (AvgIpc) is 3.31. The minimum Gasteiger partial charge on any atom is -0.376 e. The van der Waals surface area contributed by atoms with Crippen LogP contribution in [0.2, 0.25) is 0 Å². The Kier molecular flexibility index (Phi) is 5.28. The average molecular weight is 317 g/mol. The molecule has 1 amide bonds. The van der Waals surface area contributed by atoms with Gasteiger partial charge in [0.1, 0.15) is 0 Å². The molecule has 1 saturated heterocycles. The van der Waals surface area contributed by atoms with Gasteiger partial charge in [-0.25, -0.2) is 0 Å². The molecule has 0 aromatic carbocycles. The van der Waals surface area contributed by atoms with Crippen molar-refractivity contribution in [2.24, 2.45) is 5.92 Å². The quantitative estimate of drug-likeness (QED) is 0.766. The number of aromatic nitrogens is 1. The van der Waals surface area contributed by atoms with Gasteiger partial charge in [0.2, 0.25) is 5.91 Å². The van der Waals surface area contributed by atoms with Crippen LogP contribution in [0.3, 0.4) is 0 Å². The molecule has 3 rings (SSSR count). The van der Waals surface area contributed by atoms with E-state index in [1.165, 1.54) is 18.4 Å². The third-order valence-electron chi connectivity index (χ3n) is 4.87. The Balaban J connectivity index is 1.65. The molecule has 5 nitrogen and oxygen atoms in total. The van der Waals surface area contributed by atoms with Gasteiger partial charge in [0.15, 0.2) is 0 Å². The Hall–Kier alpha value is -1.46. The lowest BCUT2D eigenvalue weighted by molar-refractivity contribution is -0.130. The molecular formula is C18H27N3O2. The Labute approximate surface area is 138 Å². The SMILES string of the molecule is CN(C)C(=O)CN1CC[C@H](OCC2CC2)[C@@H]1Cc1ccncc1. The van der Waals surface area contributed by atoms with E-state index in [1.807, 2.05) is 26.5 Å². The van der Waals surface area contributed by atoms with Crippen molar-refractivity contribution in [3.05, 3.63) is 30.1 Å². The first kappa shape index (κ1) is 16.4. The normalized spacial score (nSPS) is 24.8. The maximum absolute atomic E-state index is 12.1. The Bertz CT molecular complexity index is 516. The zero-order valence-corrected chi connectivity index (χ0v) is 14.1. The smallest absolute Gasteiger partial charge is 0.236 e. The molecule has 5 heteroatoms. The van der Waals surface area contributed by atoms with E-state index in [0.29, 0.717) is 6.54 Å². The van der Waals surface area contributed by atoms with Crippen molar-refractivity contribution >= 4 is 5.91 Å². The molecule has 126 valence electrons. The number of ether oxygens (including phenoxy) is 1. The minimum atomic E-state index is 0.160. The highest BCUT2D eigenvalue weighted by atomic mass is 16.5. The van der Waals surface area contributed by atoms with Crippen molar-refractivity contribution in [2.75, 3.05) is 33.8 Å². The summed E-state index contributed by atoms with van der Waals surface area (Å²) < 4.78 is 6.20. The van der Waals surface area contributed by atoms with Crippen LogP contribution >= 0.6 is 0 Å². The third-order valence-corrected chi connectivity index (χ3v) is 4.87. The van der Waals surface area contributed by atoms with Gasteiger partial charge in [-0.15, -0.1) is 0 Å². The maximum Gasteiger partial charge on any atom is 0.236 e. The number of carbonyl (C=O) groups excluding carboxylic acids is 1. The van der Waals surface area contributed by atoms with E-state index in [1.54, 1.807) is 4.90 Å². The molecule has 0 spiro atoms. The van der Waals surface area contributed by atoms with Crippen LogP contribution in [0.25, 0.3) is 0 Å². The molecule has 2 atom stereocenters. The lowest BCUT2D eigenvalue weighted by atomic mass is 10.0. The molecule has 2 heterocycles. The number of amides is 1. The zero-order valence-electron chi connectivity index (χ0n) is 14.1. The Morgan fingerprint density at radius 1 is 1.30 bits per heavy atom. The molecule has 1 aliphatic heterocycles. The molecule has 1 saturated carbocycles. The summed E-state index contributed by atoms with van der Waals surface area (Å²) in [5.41, 5.74) is 1.26. The first-order chi connectivity index (χ1) is 11.1. The van der Waals surface area contributed by atoms with Crippen LogP contribution in [-0.4, -0.2) is 66.6 Å². The highest BCUT2D eigenvalue weighted by molar-refractivity contribution is 5.77. The monoisotopic (exact) mass is 317 g/mol. The third kappa shape index (κ3) is 4.52. The van der Waals surface area contributed by atoms with Crippen LogP contribution in [0, 0.1) is 5.92 Å². The summed E-state index contributed by atoms with van der Waals surface area (Å²) >= 11 is 0. The number of rotatable bonds is 7. The number of likely N-dealkylation sites (tertiary alicyclic amines) is 1. The lowest BCUT2D eigenvalue weighted by Crippen LogP contribution is -2.43. The molecule has 0 bridgehead atoms. The summed E-state index contributed by atoms with van der Waals surface area (Å²) in [5.74, 6) is 0.932.